The number of carbonyl (C=O) groups is 1. The molecule has 1 aromatic carbocycles. The van der Waals surface area contributed by atoms with Crippen LogP contribution in [0.2, 0.25) is 0 Å². The van der Waals surface area contributed by atoms with Crippen LogP contribution in [0.1, 0.15) is 37.7 Å². The molecule has 2 fully saturated rings. The van der Waals surface area contributed by atoms with Gasteiger partial charge in [0, 0.05) is 23.5 Å². The molecule has 0 unspecified atom stereocenters. The highest BCUT2D eigenvalue weighted by Gasteiger charge is 2.43. The molecule has 0 aromatic heterocycles. The normalized spacial score (nSPS) is 30.8. The zero-order chi connectivity index (χ0) is 13.8. The Labute approximate surface area is 125 Å². The van der Waals surface area contributed by atoms with Crippen LogP contribution < -0.4 is 5.32 Å². The van der Waals surface area contributed by atoms with E-state index < -0.39 is 0 Å². The predicted molar refractivity (Wildman–Crippen MR) is 84.9 cm³/mol. The van der Waals surface area contributed by atoms with Crippen LogP contribution in [0.25, 0.3) is 0 Å². The fourth-order valence-electron chi connectivity index (χ4n) is 3.72. The number of hydrogen-bond acceptors (Lipinski definition) is 2. The standard InChI is InChI=1S/C17H23NOS/c19-16-13-17(20-11-10-18-16)9-5-4-8-15(17)12-14-6-2-1-3-7-14/h1-3,6-7,15H,4-5,8-13H2,(H,18,19)/t15-,17-/m1/s1. The minimum absolute atomic E-state index is 0.189. The molecule has 1 aliphatic heterocycles. The van der Waals surface area contributed by atoms with Gasteiger partial charge in [-0.25, -0.2) is 0 Å². The second kappa shape index (κ2) is 6.21. The summed E-state index contributed by atoms with van der Waals surface area (Å²) in [6.07, 6.45) is 6.93. The van der Waals surface area contributed by atoms with Crippen LogP contribution in [-0.4, -0.2) is 23.0 Å². The van der Waals surface area contributed by atoms with Gasteiger partial charge < -0.3 is 5.32 Å². The zero-order valence-electron chi connectivity index (χ0n) is 11.9. The second-order valence-corrected chi connectivity index (χ2v) is 7.58. The van der Waals surface area contributed by atoms with E-state index in [1.807, 2.05) is 0 Å². The van der Waals surface area contributed by atoms with Gasteiger partial charge in [-0.2, -0.15) is 11.8 Å². The van der Waals surface area contributed by atoms with Crippen molar-refractivity contribution in [2.45, 2.75) is 43.3 Å². The lowest BCUT2D eigenvalue weighted by molar-refractivity contribution is -0.121. The Bertz CT molecular complexity index is 461. The Morgan fingerprint density at radius 1 is 1.25 bits per heavy atom. The van der Waals surface area contributed by atoms with Crippen LogP contribution in [0, 0.1) is 5.92 Å². The Morgan fingerprint density at radius 2 is 2.10 bits per heavy atom. The number of nitrogens with one attached hydrogen (secondary N) is 1. The van der Waals surface area contributed by atoms with Crippen molar-refractivity contribution in [3.63, 3.8) is 0 Å². The molecule has 1 saturated heterocycles. The SMILES string of the molecule is O=C1C[C@@]2(CCCC[C@@H]2Cc2ccccc2)SCCN1. The first-order chi connectivity index (χ1) is 9.78. The number of hydrogen-bond donors (Lipinski definition) is 1. The summed E-state index contributed by atoms with van der Waals surface area (Å²) in [5, 5.41) is 3.04. The van der Waals surface area contributed by atoms with Gasteiger partial charge in [-0.1, -0.05) is 43.2 Å². The maximum Gasteiger partial charge on any atom is 0.221 e. The minimum atomic E-state index is 0.189. The van der Waals surface area contributed by atoms with Gasteiger partial charge in [0.2, 0.25) is 5.91 Å². The van der Waals surface area contributed by atoms with Gasteiger partial charge in [0.1, 0.15) is 0 Å². The third-order valence-corrected chi connectivity index (χ3v) is 6.41. The van der Waals surface area contributed by atoms with Crippen molar-refractivity contribution in [1.82, 2.24) is 5.32 Å². The molecule has 1 spiro atoms. The highest BCUT2D eigenvalue weighted by Crippen LogP contribution is 2.48. The zero-order valence-corrected chi connectivity index (χ0v) is 12.8. The van der Waals surface area contributed by atoms with E-state index >= 15 is 0 Å². The van der Waals surface area contributed by atoms with Crippen molar-refractivity contribution < 1.29 is 4.79 Å². The highest BCUT2D eigenvalue weighted by molar-refractivity contribution is 8.00. The first-order valence-electron chi connectivity index (χ1n) is 7.73. The van der Waals surface area contributed by atoms with Crippen molar-refractivity contribution in [1.29, 1.82) is 0 Å². The smallest absolute Gasteiger partial charge is 0.221 e. The van der Waals surface area contributed by atoms with Crippen LogP contribution in [0.5, 0.6) is 0 Å². The highest BCUT2D eigenvalue weighted by atomic mass is 32.2. The Kier molecular flexibility index (Phi) is 4.35. The van der Waals surface area contributed by atoms with Gasteiger partial charge in [-0.05, 0) is 30.7 Å². The largest absolute Gasteiger partial charge is 0.355 e. The van der Waals surface area contributed by atoms with Crippen molar-refractivity contribution in [2.24, 2.45) is 5.92 Å². The number of thioether (sulfide) groups is 1. The van der Waals surface area contributed by atoms with Crippen molar-refractivity contribution >= 4 is 17.7 Å². The van der Waals surface area contributed by atoms with E-state index in [1.165, 1.54) is 31.2 Å². The molecule has 2 aliphatic rings. The fraction of sp³-hybridized carbons (Fsp3) is 0.588. The van der Waals surface area contributed by atoms with Gasteiger partial charge in [0.15, 0.2) is 0 Å². The van der Waals surface area contributed by atoms with E-state index in [2.05, 4.69) is 47.4 Å². The summed E-state index contributed by atoms with van der Waals surface area (Å²) >= 11 is 2.06. The van der Waals surface area contributed by atoms with Gasteiger partial charge in [-0.3, -0.25) is 4.79 Å². The summed E-state index contributed by atoms with van der Waals surface area (Å²) in [7, 11) is 0. The second-order valence-electron chi connectivity index (χ2n) is 6.07. The van der Waals surface area contributed by atoms with E-state index in [4.69, 9.17) is 0 Å². The van der Waals surface area contributed by atoms with Gasteiger partial charge in [0.05, 0.1) is 0 Å². The summed E-state index contributed by atoms with van der Waals surface area (Å²) in [6, 6.07) is 10.8. The monoisotopic (exact) mass is 289 g/mol. The van der Waals surface area contributed by atoms with Crippen LogP contribution in [0.15, 0.2) is 30.3 Å². The summed E-state index contributed by atoms with van der Waals surface area (Å²) in [4.78, 5) is 12.0. The lowest BCUT2D eigenvalue weighted by atomic mass is 9.73. The summed E-state index contributed by atoms with van der Waals surface area (Å²) in [5.74, 6) is 1.97. The lowest BCUT2D eigenvalue weighted by Crippen LogP contribution is -2.41. The molecule has 1 N–H and O–H groups in total. The number of rotatable bonds is 2. The van der Waals surface area contributed by atoms with Crippen LogP contribution in [0.4, 0.5) is 0 Å². The molecular weight excluding hydrogens is 266 g/mol. The minimum Gasteiger partial charge on any atom is -0.355 e. The number of benzene rings is 1. The molecule has 1 aliphatic carbocycles. The van der Waals surface area contributed by atoms with Crippen LogP contribution in [0.3, 0.4) is 0 Å². The van der Waals surface area contributed by atoms with Gasteiger partial charge in [0.25, 0.3) is 0 Å². The number of amides is 1. The average molecular weight is 289 g/mol. The first kappa shape index (κ1) is 14.0. The molecule has 0 radical (unpaired) electrons. The quantitative estimate of drug-likeness (QED) is 0.904. The first-order valence-corrected chi connectivity index (χ1v) is 8.72. The van der Waals surface area contributed by atoms with E-state index in [0.29, 0.717) is 5.92 Å². The summed E-state index contributed by atoms with van der Waals surface area (Å²) in [5.41, 5.74) is 1.42. The molecule has 2 atom stereocenters. The molecule has 108 valence electrons. The van der Waals surface area contributed by atoms with E-state index in [1.54, 1.807) is 0 Å². The maximum absolute atomic E-state index is 12.0. The van der Waals surface area contributed by atoms with Gasteiger partial charge >= 0.3 is 0 Å². The fourth-order valence-corrected chi connectivity index (χ4v) is 5.29. The molecule has 1 amide bonds. The Morgan fingerprint density at radius 3 is 2.95 bits per heavy atom. The topological polar surface area (TPSA) is 29.1 Å². The Hall–Kier alpha value is -0.960. The van der Waals surface area contributed by atoms with Crippen molar-refractivity contribution in [3.8, 4) is 0 Å². The van der Waals surface area contributed by atoms with Crippen LogP contribution in [-0.2, 0) is 11.2 Å². The molecule has 3 rings (SSSR count). The molecule has 3 heteroatoms. The molecular formula is C17H23NOS. The van der Waals surface area contributed by atoms with E-state index in [0.717, 1.165) is 25.1 Å². The summed E-state index contributed by atoms with van der Waals surface area (Å²) in [6.45, 7) is 0.837. The molecule has 1 heterocycles. The molecule has 2 nitrogen and oxygen atoms in total. The third kappa shape index (κ3) is 3.03. The lowest BCUT2D eigenvalue weighted by Gasteiger charge is -2.43. The van der Waals surface area contributed by atoms with Crippen molar-refractivity contribution in [3.05, 3.63) is 35.9 Å². The molecule has 1 saturated carbocycles. The van der Waals surface area contributed by atoms with Crippen LogP contribution >= 0.6 is 11.8 Å². The van der Waals surface area contributed by atoms with E-state index in [-0.39, 0.29) is 10.7 Å². The molecule has 20 heavy (non-hydrogen) atoms. The molecule has 0 bridgehead atoms. The average Bonchev–Trinajstić information content (AvgIpc) is 2.65. The van der Waals surface area contributed by atoms with Crippen molar-refractivity contribution in [2.75, 3.05) is 12.3 Å². The Balaban J connectivity index is 1.80. The van der Waals surface area contributed by atoms with Gasteiger partial charge in [-0.15, -0.1) is 0 Å². The maximum atomic E-state index is 12.0. The molecule has 1 aromatic rings. The number of carbonyl (C=O) groups excluding carboxylic acids is 1. The predicted octanol–water partition coefficient (Wildman–Crippen LogP) is 3.41. The van der Waals surface area contributed by atoms with E-state index in [9.17, 15) is 4.79 Å². The summed E-state index contributed by atoms with van der Waals surface area (Å²) < 4.78 is 0.189. The third-order valence-electron chi connectivity index (χ3n) is 4.75.